The molecule has 0 aliphatic heterocycles. The van der Waals surface area contributed by atoms with E-state index in [1.54, 1.807) is 24.4 Å². The van der Waals surface area contributed by atoms with Crippen LogP contribution < -0.4 is 10.1 Å². The van der Waals surface area contributed by atoms with Crippen LogP contribution in [0.2, 0.25) is 0 Å². The smallest absolute Gasteiger partial charge is 0.337 e. The van der Waals surface area contributed by atoms with Crippen molar-refractivity contribution in [2.75, 3.05) is 12.4 Å². The molecule has 0 saturated carbocycles. The Balaban J connectivity index is 1.62. The summed E-state index contributed by atoms with van der Waals surface area (Å²) in [5.41, 5.74) is 3.30. The average Bonchev–Trinajstić information content (AvgIpc) is 2.77. The van der Waals surface area contributed by atoms with Crippen LogP contribution in [0.25, 0.3) is 10.8 Å². The van der Waals surface area contributed by atoms with Crippen molar-refractivity contribution in [2.24, 2.45) is 0 Å². The fourth-order valence-electron chi connectivity index (χ4n) is 3.20. The number of hydrogen-bond donors (Lipinski definition) is 1. The minimum absolute atomic E-state index is 0.369. The summed E-state index contributed by atoms with van der Waals surface area (Å²) in [6.07, 6.45) is 1.63. The van der Waals surface area contributed by atoms with Crippen LogP contribution in [0.1, 0.15) is 21.5 Å². The number of carbonyl (C=O) groups is 1. The lowest BCUT2D eigenvalue weighted by molar-refractivity contribution is 0.0601. The van der Waals surface area contributed by atoms with Crippen LogP contribution in [-0.2, 0) is 4.74 Å². The summed E-state index contributed by atoms with van der Waals surface area (Å²) in [5.74, 6) is 1.12. The maximum atomic E-state index is 11.8. The molecule has 3 aromatic carbocycles. The predicted octanol–water partition coefficient (Wildman–Crippen LogP) is 5.57. The molecule has 4 rings (SSSR count). The number of carbonyl (C=O) groups excluding carboxylic acids is 1. The number of fused-ring (bicyclic) bond motifs is 1. The Morgan fingerprint density at radius 1 is 0.933 bits per heavy atom. The van der Waals surface area contributed by atoms with Gasteiger partial charge in [0.05, 0.1) is 12.7 Å². The summed E-state index contributed by atoms with van der Waals surface area (Å²) in [5, 5.41) is 5.31. The molecule has 1 aromatic heterocycles. The number of aromatic nitrogens is 2. The van der Waals surface area contributed by atoms with Gasteiger partial charge in [0.2, 0.25) is 11.8 Å². The van der Waals surface area contributed by atoms with Gasteiger partial charge < -0.3 is 14.8 Å². The van der Waals surface area contributed by atoms with Crippen molar-refractivity contribution in [1.82, 2.24) is 9.97 Å². The molecular formula is C24H21N3O3. The van der Waals surface area contributed by atoms with Gasteiger partial charge in [-0.15, -0.1) is 0 Å². The van der Waals surface area contributed by atoms with E-state index in [0.29, 0.717) is 17.4 Å². The van der Waals surface area contributed by atoms with E-state index >= 15 is 0 Å². The third-order valence-corrected chi connectivity index (χ3v) is 4.85. The Kier molecular flexibility index (Phi) is 5.30. The molecule has 6 heteroatoms. The van der Waals surface area contributed by atoms with Gasteiger partial charge in [0.15, 0.2) is 0 Å². The van der Waals surface area contributed by atoms with Crippen molar-refractivity contribution >= 4 is 28.4 Å². The molecule has 1 N–H and O–H groups in total. The van der Waals surface area contributed by atoms with E-state index in [1.807, 2.05) is 43.3 Å². The average molecular weight is 399 g/mol. The van der Waals surface area contributed by atoms with Gasteiger partial charge in [-0.2, -0.15) is 4.98 Å². The molecule has 4 aromatic rings. The first-order chi connectivity index (χ1) is 14.5. The Bertz CT molecular complexity index is 1240. The molecule has 150 valence electrons. The van der Waals surface area contributed by atoms with Crippen molar-refractivity contribution in [3.8, 4) is 11.6 Å². The quantitative estimate of drug-likeness (QED) is 0.442. The van der Waals surface area contributed by atoms with Gasteiger partial charge in [0.25, 0.3) is 0 Å². The Hall–Kier alpha value is -3.93. The molecule has 0 atom stereocenters. The maximum absolute atomic E-state index is 11.8. The van der Waals surface area contributed by atoms with Gasteiger partial charge in [-0.3, -0.25) is 0 Å². The Morgan fingerprint density at radius 2 is 1.70 bits per heavy atom. The molecule has 0 fully saturated rings. The van der Waals surface area contributed by atoms with Crippen LogP contribution in [0.5, 0.6) is 11.6 Å². The third kappa shape index (κ3) is 3.93. The number of methoxy groups -OCH3 is 1. The molecule has 0 radical (unpaired) electrons. The highest BCUT2D eigenvalue weighted by Crippen LogP contribution is 2.31. The molecule has 1 heterocycles. The molecule has 30 heavy (non-hydrogen) atoms. The van der Waals surface area contributed by atoms with Gasteiger partial charge >= 0.3 is 5.97 Å². The van der Waals surface area contributed by atoms with E-state index in [0.717, 1.165) is 27.8 Å². The predicted molar refractivity (Wildman–Crippen MR) is 117 cm³/mol. The highest BCUT2D eigenvalue weighted by Gasteiger charge is 2.11. The zero-order chi connectivity index (χ0) is 21.1. The minimum atomic E-state index is -0.401. The highest BCUT2D eigenvalue weighted by atomic mass is 16.5. The number of benzene rings is 3. The first-order valence-electron chi connectivity index (χ1n) is 9.50. The van der Waals surface area contributed by atoms with Crippen molar-refractivity contribution in [2.45, 2.75) is 13.8 Å². The second-order valence-electron chi connectivity index (χ2n) is 6.89. The molecular weight excluding hydrogens is 378 g/mol. The second kappa shape index (κ2) is 8.21. The van der Waals surface area contributed by atoms with Crippen molar-refractivity contribution in [3.63, 3.8) is 0 Å². The molecule has 0 aliphatic rings. The van der Waals surface area contributed by atoms with Crippen LogP contribution in [-0.4, -0.2) is 23.0 Å². The number of rotatable bonds is 5. The highest BCUT2D eigenvalue weighted by molar-refractivity contribution is 5.91. The van der Waals surface area contributed by atoms with Crippen LogP contribution in [0.15, 0.2) is 66.9 Å². The van der Waals surface area contributed by atoms with E-state index in [1.165, 1.54) is 12.7 Å². The fraction of sp³-hybridized carbons (Fsp3) is 0.125. The van der Waals surface area contributed by atoms with E-state index in [2.05, 4.69) is 28.3 Å². The van der Waals surface area contributed by atoms with Gasteiger partial charge in [-0.1, -0.05) is 36.4 Å². The summed E-state index contributed by atoms with van der Waals surface area (Å²) in [6.45, 7) is 4.01. The summed E-state index contributed by atoms with van der Waals surface area (Å²) in [6, 6.07) is 19.0. The molecule has 0 amide bonds. The normalized spacial score (nSPS) is 10.6. The number of aryl methyl sites for hydroxylation is 2. The Morgan fingerprint density at radius 3 is 2.50 bits per heavy atom. The lowest BCUT2D eigenvalue weighted by Crippen LogP contribution is -2.04. The number of ether oxygens (including phenoxy) is 2. The van der Waals surface area contributed by atoms with Crippen LogP contribution in [0.3, 0.4) is 0 Å². The standard InChI is InChI=1S/C24H21N3O3/c1-15-9-11-21(19-7-5-4-6-18(15)19)30-22-12-13-25-24(27-22)26-20-14-17(23(28)29-3)10-8-16(20)2/h4-14H,1-3H3,(H,25,26,27). The van der Waals surface area contributed by atoms with Crippen LogP contribution in [0.4, 0.5) is 11.6 Å². The number of nitrogens with zero attached hydrogens (tertiary/aromatic N) is 2. The zero-order valence-electron chi connectivity index (χ0n) is 17.0. The minimum Gasteiger partial charge on any atom is -0.465 e. The van der Waals surface area contributed by atoms with E-state index < -0.39 is 5.97 Å². The zero-order valence-corrected chi connectivity index (χ0v) is 17.0. The summed E-state index contributed by atoms with van der Waals surface area (Å²) < 4.78 is 10.9. The molecule has 0 spiro atoms. The number of nitrogens with one attached hydrogen (secondary N) is 1. The number of hydrogen-bond acceptors (Lipinski definition) is 6. The first-order valence-corrected chi connectivity index (χ1v) is 9.50. The summed E-state index contributed by atoms with van der Waals surface area (Å²) >= 11 is 0. The number of anilines is 2. The van der Waals surface area contributed by atoms with Gasteiger partial charge in [0.1, 0.15) is 5.75 Å². The SMILES string of the molecule is COC(=O)c1ccc(C)c(Nc2nccc(Oc3ccc(C)c4ccccc34)n2)c1. The first kappa shape index (κ1) is 19.4. The van der Waals surface area contributed by atoms with Gasteiger partial charge in [-0.25, -0.2) is 9.78 Å². The summed E-state index contributed by atoms with van der Waals surface area (Å²) in [7, 11) is 1.36. The monoisotopic (exact) mass is 399 g/mol. The topological polar surface area (TPSA) is 73.3 Å². The summed E-state index contributed by atoms with van der Waals surface area (Å²) in [4.78, 5) is 20.6. The molecule has 0 aliphatic carbocycles. The van der Waals surface area contributed by atoms with Gasteiger partial charge in [-0.05, 0) is 48.6 Å². The lowest BCUT2D eigenvalue weighted by atomic mass is 10.1. The molecule has 0 saturated heterocycles. The number of esters is 1. The molecule has 0 bridgehead atoms. The third-order valence-electron chi connectivity index (χ3n) is 4.85. The van der Waals surface area contributed by atoms with Crippen LogP contribution >= 0.6 is 0 Å². The lowest BCUT2D eigenvalue weighted by Gasteiger charge is -2.12. The van der Waals surface area contributed by atoms with E-state index in [4.69, 9.17) is 9.47 Å². The largest absolute Gasteiger partial charge is 0.465 e. The van der Waals surface area contributed by atoms with Gasteiger partial charge in [0, 0.05) is 23.3 Å². The van der Waals surface area contributed by atoms with Crippen molar-refractivity contribution in [1.29, 1.82) is 0 Å². The van der Waals surface area contributed by atoms with E-state index in [9.17, 15) is 4.79 Å². The van der Waals surface area contributed by atoms with Crippen molar-refractivity contribution in [3.05, 3.63) is 83.6 Å². The molecule has 6 nitrogen and oxygen atoms in total. The van der Waals surface area contributed by atoms with E-state index in [-0.39, 0.29) is 0 Å². The fourth-order valence-corrected chi connectivity index (χ4v) is 3.20. The molecule has 0 unspecified atom stereocenters. The maximum Gasteiger partial charge on any atom is 0.337 e. The second-order valence-corrected chi connectivity index (χ2v) is 6.89. The van der Waals surface area contributed by atoms with Crippen molar-refractivity contribution < 1.29 is 14.3 Å². The van der Waals surface area contributed by atoms with Crippen LogP contribution in [0, 0.1) is 13.8 Å². The Labute approximate surface area is 174 Å².